The van der Waals surface area contributed by atoms with Gasteiger partial charge in [0.05, 0.1) is 11.0 Å². The van der Waals surface area contributed by atoms with Crippen molar-refractivity contribution in [3.05, 3.63) is 69.7 Å². The smallest absolute Gasteiger partial charge is 0.253 e. The molecular weight excluding hydrogens is 530 g/mol. The molecule has 0 fully saturated rings. The Morgan fingerprint density at radius 2 is 1.91 bits per heavy atom. The Kier molecular flexibility index (Phi) is 6.75. The zero-order chi connectivity index (χ0) is 24.7. The van der Waals surface area contributed by atoms with Crippen molar-refractivity contribution in [2.24, 2.45) is 0 Å². The number of ether oxygens (including phenoxy) is 1. The number of aromatic hydroxyl groups is 1. The molecular formula is C24H21BrF2N2O4S. The highest BCUT2D eigenvalue weighted by Gasteiger charge is 2.27. The molecule has 2 N–H and O–H groups in total. The summed E-state index contributed by atoms with van der Waals surface area (Å²) in [6.07, 6.45) is -0.476. The van der Waals surface area contributed by atoms with Gasteiger partial charge in [0, 0.05) is 35.9 Å². The van der Waals surface area contributed by atoms with E-state index >= 15 is 0 Å². The number of aryl methyl sites for hydroxylation is 1. The van der Waals surface area contributed by atoms with Gasteiger partial charge >= 0.3 is 0 Å². The first-order valence-corrected chi connectivity index (χ1v) is 12.2. The van der Waals surface area contributed by atoms with E-state index in [1.165, 1.54) is 23.1 Å². The van der Waals surface area contributed by atoms with Crippen LogP contribution in [0.25, 0.3) is 11.1 Å². The fourth-order valence-corrected chi connectivity index (χ4v) is 5.30. The Labute approximate surface area is 207 Å². The Hall–Kier alpha value is -2.82. The highest BCUT2D eigenvalue weighted by atomic mass is 79.9. The van der Waals surface area contributed by atoms with E-state index in [-0.39, 0.29) is 38.5 Å². The maximum Gasteiger partial charge on any atom is 0.253 e. The van der Waals surface area contributed by atoms with Gasteiger partial charge in [0.25, 0.3) is 5.91 Å². The number of fused-ring (bicyclic) bond motifs is 6. The fourth-order valence-electron chi connectivity index (χ4n) is 3.73. The molecule has 4 bridgehead atoms. The molecule has 1 amide bonds. The summed E-state index contributed by atoms with van der Waals surface area (Å²) in [6.45, 7) is 3.79. The van der Waals surface area contributed by atoms with Crippen molar-refractivity contribution in [3.63, 3.8) is 0 Å². The second-order valence-corrected chi connectivity index (χ2v) is 10.1. The number of nitrogens with zero attached hydrogens (tertiary/aromatic N) is 1. The third kappa shape index (κ3) is 4.70. The van der Waals surface area contributed by atoms with Gasteiger partial charge in [-0.1, -0.05) is 11.6 Å². The molecule has 0 aliphatic carbocycles. The molecule has 10 heteroatoms. The Bertz CT molecular complexity index is 1290. The quantitative estimate of drug-likeness (QED) is 0.366. The van der Waals surface area contributed by atoms with Crippen LogP contribution in [0.4, 0.5) is 14.5 Å². The standard InChI is InChI=1S/C24H21BrF2N2O4S/c1-12-4-5-21-16(6-12)15-9-20(19(27)10-18(15)26)28-34(32)22-8-14(7-17(25)23(22)30)24(31)29(3)11-13(2)33-21/h4-10,13,28,30H,11H2,1-3H3. The number of anilines is 1. The predicted molar refractivity (Wildman–Crippen MR) is 129 cm³/mol. The lowest BCUT2D eigenvalue weighted by Gasteiger charge is -2.24. The average Bonchev–Trinajstić information content (AvgIpc) is 2.77. The van der Waals surface area contributed by atoms with Crippen LogP contribution in [0.15, 0.2) is 51.8 Å². The number of carbonyl (C=O) groups is 1. The average molecular weight is 551 g/mol. The number of rotatable bonds is 0. The maximum atomic E-state index is 14.9. The number of hydrogen-bond donors (Lipinski definition) is 2. The van der Waals surface area contributed by atoms with Gasteiger partial charge in [0.15, 0.2) is 11.6 Å². The van der Waals surface area contributed by atoms with Crippen LogP contribution in [0.2, 0.25) is 0 Å². The van der Waals surface area contributed by atoms with Crippen LogP contribution in [-0.2, 0) is 11.4 Å². The van der Waals surface area contributed by atoms with E-state index in [0.29, 0.717) is 17.4 Å². The van der Waals surface area contributed by atoms with E-state index in [2.05, 4.69) is 20.7 Å². The minimum absolute atomic E-state index is 0.0465. The summed E-state index contributed by atoms with van der Waals surface area (Å²) in [5.41, 5.74) is 1.18. The number of benzene rings is 3. The molecule has 4 rings (SSSR count). The van der Waals surface area contributed by atoms with Crippen LogP contribution in [0, 0.1) is 18.6 Å². The molecule has 3 aromatic carbocycles. The number of hydrogen-bond acceptors (Lipinski definition) is 5. The van der Waals surface area contributed by atoms with E-state index in [0.717, 1.165) is 5.56 Å². The van der Waals surface area contributed by atoms with Gasteiger partial charge in [-0.3, -0.25) is 4.79 Å². The van der Waals surface area contributed by atoms with Gasteiger partial charge in [-0.25, -0.2) is 13.5 Å². The first-order valence-electron chi connectivity index (χ1n) is 10.3. The van der Waals surface area contributed by atoms with Crippen molar-refractivity contribution >= 4 is 38.9 Å². The second-order valence-electron chi connectivity index (χ2n) is 8.10. The molecule has 0 radical (unpaired) electrons. The summed E-state index contributed by atoms with van der Waals surface area (Å²) >= 11 is 0.998. The Morgan fingerprint density at radius 1 is 1.18 bits per heavy atom. The van der Waals surface area contributed by atoms with Gasteiger partial charge in [-0.15, -0.1) is 0 Å². The molecule has 34 heavy (non-hydrogen) atoms. The molecule has 2 unspecified atom stereocenters. The van der Waals surface area contributed by atoms with Gasteiger partial charge in [0.1, 0.15) is 34.7 Å². The Morgan fingerprint density at radius 3 is 2.65 bits per heavy atom. The first-order chi connectivity index (χ1) is 16.0. The molecule has 0 saturated carbocycles. The van der Waals surface area contributed by atoms with Crippen molar-refractivity contribution in [1.29, 1.82) is 0 Å². The lowest BCUT2D eigenvalue weighted by atomic mass is 10.0. The predicted octanol–water partition coefficient (Wildman–Crippen LogP) is 5.40. The number of amides is 1. The number of phenols is 1. The lowest BCUT2D eigenvalue weighted by Crippen LogP contribution is -2.35. The normalized spacial score (nSPS) is 18.3. The maximum absolute atomic E-state index is 14.9. The Balaban J connectivity index is 1.93. The van der Waals surface area contributed by atoms with E-state index < -0.39 is 35.0 Å². The number of nitrogens with one attached hydrogen (secondary N) is 1. The highest BCUT2D eigenvalue weighted by molar-refractivity contribution is 9.10. The zero-order valence-corrected chi connectivity index (χ0v) is 20.9. The molecule has 0 aromatic heterocycles. The van der Waals surface area contributed by atoms with Crippen molar-refractivity contribution in [3.8, 4) is 22.6 Å². The van der Waals surface area contributed by atoms with E-state index in [9.17, 15) is 23.2 Å². The van der Waals surface area contributed by atoms with Gasteiger partial charge in [0.2, 0.25) is 4.90 Å². The van der Waals surface area contributed by atoms with Gasteiger partial charge in [-0.05, 0) is 54.0 Å². The SMILES string of the molecule is Cc1ccc2c(c1)-c1cc(c(F)cc1F)N[S+]([O-])c1cc(cc(Br)c1O)C(=O)N(C)CC(C)O2. The molecule has 1 aliphatic heterocycles. The molecule has 0 saturated heterocycles. The number of likely N-dealkylation sites (N-methyl/N-ethyl adjacent to an activating group) is 1. The van der Waals surface area contributed by atoms with Crippen LogP contribution in [0.5, 0.6) is 11.5 Å². The topological polar surface area (TPSA) is 84.9 Å². The van der Waals surface area contributed by atoms with E-state index in [1.807, 2.05) is 6.92 Å². The zero-order valence-electron chi connectivity index (χ0n) is 18.5. The van der Waals surface area contributed by atoms with E-state index in [1.54, 1.807) is 32.2 Å². The summed E-state index contributed by atoms with van der Waals surface area (Å²) in [4.78, 5) is 14.3. The third-order valence-corrected chi connectivity index (χ3v) is 7.09. The van der Waals surface area contributed by atoms with Crippen LogP contribution < -0.4 is 9.46 Å². The minimum Gasteiger partial charge on any atom is -0.588 e. The molecule has 178 valence electrons. The van der Waals surface area contributed by atoms with Crippen molar-refractivity contribution in [2.75, 3.05) is 18.3 Å². The summed E-state index contributed by atoms with van der Waals surface area (Å²) in [6, 6.07) is 9.79. The van der Waals surface area contributed by atoms with Crippen LogP contribution in [0.3, 0.4) is 0 Å². The molecule has 0 spiro atoms. The highest BCUT2D eigenvalue weighted by Crippen LogP contribution is 2.38. The van der Waals surface area contributed by atoms with Crippen molar-refractivity contribution in [2.45, 2.75) is 24.8 Å². The summed E-state index contributed by atoms with van der Waals surface area (Å²) in [5, 5.41) is 10.4. The minimum atomic E-state index is -2.18. The monoisotopic (exact) mass is 550 g/mol. The second kappa shape index (κ2) is 9.44. The molecule has 6 nitrogen and oxygen atoms in total. The molecule has 3 aromatic rings. The third-order valence-electron chi connectivity index (χ3n) is 5.37. The van der Waals surface area contributed by atoms with Gasteiger partial charge in [-0.2, -0.15) is 0 Å². The molecule has 1 heterocycles. The van der Waals surface area contributed by atoms with Crippen molar-refractivity contribution < 1.29 is 28.0 Å². The van der Waals surface area contributed by atoms with Gasteiger partial charge < -0.3 is 19.3 Å². The number of phenolic OH excluding ortho intramolecular Hbond substituents is 1. The molecule has 1 aliphatic rings. The summed E-state index contributed by atoms with van der Waals surface area (Å²) < 4.78 is 51.4. The lowest BCUT2D eigenvalue weighted by molar-refractivity contribution is 0.0727. The summed E-state index contributed by atoms with van der Waals surface area (Å²) in [7, 11) is 1.59. The van der Waals surface area contributed by atoms with Crippen LogP contribution in [0.1, 0.15) is 22.8 Å². The van der Waals surface area contributed by atoms with Crippen LogP contribution >= 0.6 is 15.9 Å². The van der Waals surface area contributed by atoms with E-state index in [4.69, 9.17) is 4.74 Å². The number of carbonyl (C=O) groups excluding carboxylic acids is 1. The first kappa shape index (κ1) is 24.3. The largest absolute Gasteiger partial charge is 0.588 e. The van der Waals surface area contributed by atoms with Crippen LogP contribution in [-0.4, -0.2) is 40.2 Å². The van der Waals surface area contributed by atoms with Crippen molar-refractivity contribution in [1.82, 2.24) is 4.90 Å². The molecule has 2 atom stereocenters. The fraction of sp³-hybridized carbons (Fsp3) is 0.208. The summed E-state index contributed by atoms with van der Waals surface area (Å²) in [5.74, 6) is -2.19. The number of halogens is 3.